The highest BCUT2D eigenvalue weighted by Crippen LogP contribution is 2.32. The number of aromatic nitrogens is 2. The number of nitro groups is 1. The van der Waals surface area contributed by atoms with Crippen LogP contribution in [0.15, 0.2) is 42.6 Å². The van der Waals surface area contributed by atoms with Gasteiger partial charge in [-0.1, -0.05) is 29.0 Å². The Morgan fingerprint density at radius 3 is 2.80 bits per heavy atom. The van der Waals surface area contributed by atoms with Gasteiger partial charge >= 0.3 is 0 Å². The summed E-state index contributed by atoms with van der Waals surface area (Å²) in [5.74, 6) is -0.621. The van der Waals surface area contributed by atoms with Gasteiger partial charge in [-0.2, -0.15) is 0 Å². The number of rotatable bonds is 4. The van der Waals surface area contributed by atoms with Gasteiger partial charge < -0.3 is 0 Å². The molecule has 0 unspecified atom stereocenters. The molecule has 0 aliphatic carbocycles. The van der Waals surface area contributed by atoms with Gasteiger partial charge in [0.25, 0.3) is 11.6 Å². The number of thiazole rings is 1. The average Bonchev–Trinajstić information content (AvgIpc) is 2.95. The second kappa shape index (κ2) is 6.96. The molecule has 1 amide bonds. The van der Waals surface area contributed by atoms with E-state index in [9.17, 15) is 14.9 Å². The smallest absolute Gasteiger partial charge is 0.283 e. The minimum absolute atomic E-state index is 0.0818. The summed E-state index contributed by atoms with van der Waals surface area (Å²) in [5.41, 5.74) is 1.02. The largest absolute Gasteiger partial charge is 0.298 e. The van der Waals surface area contributed by atoms with Gasteiger partial charge in [-0.3, -0.25) is 25.2 Å². The third-order valence-corrected chi connectivity index (χ3v) is 4.65. The molecular weight excluding hydrogens is 364 g/mol. The van der Waals surface area contributed by atoms with Gasteiger partial charge in [0, 0.05) is 17.3 Å². The minimum Gasteiger partial charge on any atom is -0.298 e. The summed E-state index contributed by atoms with van der Waals surface area (Å²) in [6, 6.07) is 9.39. The molecule has 0 aliphatic heterocycles. The minimum atomic E-state index is -0.646. The first kappa shape index (κ1) is 17.0. The highest BCUT2D eigenvalue weighted by Gasteiger charge is 2.22. The average molecular weight is 375 g/mol. The van der Waals surface area contributed by atoms with Crippen molar-refractivity contribution in [2.45, 2.75) is 6.92 Å². The van der Waals surface area contributed by atoms with Gasteiger partial charge in [0.05, 0.1) is 21.2 Å². The number of aryl methyl sites for hydroxylation is 1. The number of nitro benzene ring substituents is 1. The molecule has 0 spiro atoms. The molecule has 0 fully saturated rings. The van der Waals surface area contributed by atoms with Gasteiger partial charge in [-0.15, -0.1) is 0 Å². The number of nitrogens with zero attached hydrogens (tertiary/aromatic N) is 3. The van der Waals surface area contributed by atoms with Crippen LogP contribution < -0.4 is 5.32 Å². The fourth-order valence-corrected chi connectivity index (χ4v) is 3.30. The third kappa shape index (κ3) is 3.65. The van der Waals surface area contributed by atoms with Crippen molar-refractivity contribution < 1.29 is 9.72 Å². The Morgan fingerprint density at radius 1 is 1.32 bits per heavy atom. The van der Waals surface area contributed by atoms with Gasteiger partial charge in [-0.25, -0.2) is 4.98 Å². The zero-order valence-corrected chi connectivity index (χ0v) is 14.5. The lowest BCUT2D eigenvalue weighted by molar-refractivity contribution is -0.385. The van der Waals surface area contributed by atoms with Crippen LogP contribution in [0.4, 0.5) is 10.8 Å². The zero-order valence-electron chi connectivity index (χ0n) is 12.9. The quantitative estimate of drug-likeness (QED) is 0.541. The molecule has 9 heteroatoms. The summed E-state index contributed by atoms with van der Waals surface area (Å²) in [7, 11) is 0. The fourth-order valence-electron chi connectivity index (χ4n) is 2.20. The Hall–Kier alpha value is -2.84. The first-order valence-corrected chi connectivity index (χ1v) is 8.29. The number of carbonyl (C=O) groups is 1. The molecule has 3 rings (SSSR count). The van der Waals surface area contributed by atoms with Gasteiger partial charge in [0.15, 0.2) is 5.13 Å². The highest BCUT2D eigenvalue weighted by atomic mass is 35.5. The van der Waals surface area contributed by atoms with E-state index in [0.717, 1.165) is 16.6 Å². The van der Waals surface area contributed by atoms with E-state index in [1.807, 2.05) is 18.2 Å². The molecule has 0 bridgehead atoms. The summed E-state index contributed by atoms with van der Waals surface area (Å²) >= 11 is 7.02. The van der Waals surface area contributed by atoms with E-state index >= 15 is 0 Å². The maximum atomic E-state index is 12.4. The zero-order chi connectivity index (χ0) is 18.0. The second-order valence-electron chi connectivity index (χ2n) is 5.02. The van der Waals surface area contributed by atoms with Crippen LogP contribution in [0.25, 0.3) is 10.6 Å². The molecule has 0 aliphatic rings. The van der Waals surface area contributed by atoms with E-state index in [0.29, 0.717) is 10.8 Å². The first-order chi connectivity index (χ1) is 12.0. The Morgan fingerprint density at radius 2 is 2.12 bits per heavy atom. The second-order valence-corrected chi connectivity index (χ2v) is 6.46. The van der Waals surface area contributed by atoms with Crippen molar-refractivity contribution in [1.29, 1.82) is 0 Å². The van der Waals surface area contributed by atoms with Crippen LogP contribution in [-0.4, -0.2) is 20.8 Å². The highest BCUT2D eigenvalue weighted by molar-refractivity contribution is 7.19. The van der Waals surface area contributed by atoms with Crippen LogP contribution in [0.5, 0.6) is 0 Å². The van der Waals surface area contributed by atoms with E-state index < -0.39 is 10.8 Å². The molecule has 0 saturated heterocycles. The molecule has 2 heterocycles. The van der Waals surface area contributed by atoms with E-state index in [4.69, 9.17) is 11.6 Å². The summed E-state index contributed by atoms with van der Waals surface area (Å²) < 4.78 is 0. The number of benzene rings is 1. The number of nitrogens with one attached hydrogen (secondary N) is 1. The van der Waals surface area contributed by atoms with E-state index in [1.165, 1.54) is 23.5 Å². The maximum Gasteiger partial charge on any atom is 0.283 e. The topological polar surface area (TPSA) is 98.0 Å². The fraction of sp³-hybridized carbons (Fsp3) is 0.0625. The van der Waals surface area contributed by atoms with Gasteiger partial charge in [0.1, 0.15) is 5.56 Å². The number of carbonyl (C=O) groups excluding carboxylic acids is 1. The number of halogens is 1. The SMILES string of the molecule is Cc1nc(NC(=O)c2ccc(Cl)cc2[N+](=O)[O-])sc1-c1ccccn1. The van der Waals surface area contributed by atoms with Crippen LogP contribution in [-0.2, 0) is 0 Å². The number of hydrogen-bond acceptors (Lipinski definition) is 6. The summed E-state index contributed by atoms with van der Waals surface area (Å²) in [6.07, 6.45) is 1.67. The van der Waals surface area contributed by atoms with Crippen molar-refractivity contribution in [2.24, 2.45) is 0 Å². The lowest BCUT2D eigenvalue weighted by Gasteiger charge is -2.03. The lowest BCUT2D eigenvalue weighted by Crippen LogP contribution is -2.13. The van der Waals surface area contributed by atoms with Crippen LogP contribution in [0.1, 0.15) is 16.1 Å². The van der Waals surface area contributed by atoms with Crippen LogP contribution in [0.3, 0.4) is 0 Å². The molecule has 25 heavy (non-hydrogen) atoms. The molecule has 126 valence electrons. The van der Waals surface area contributed by atoms with Gasteiger partial charge in [0.2, 0.25) is 0 Å². The lowest BCUT2D eigenvalue weighted by atomic mass is 10.1. The van der Waals surface area contributed by atoms with Crippen molar-refractivity contribution in [3.8, 4) is 10.6 Å². The van der Waals surface area contributed by atoms with Crippen molar-refractivity contribution in [2.75, 3.05) is 5.32 Å². The molecular formula is C16H11ClN4O3S. The number of anilines is 1. The van der Waals surface area contributed by atoms with Crippen molar-refractivity contribution in [1.82, 2.24) is 9.97 Å². The normalized spacial score (nSPS) is 10.5. The molecule has 1 N–H and O–H groups in total. The number of hydrogen-bond donors (Lipinski definition) is 1. The van der Waals surface area contributed by atoms with Gasteiger partial charge in [-0.05, 0) is 31.2 Å². The number of pyridine rings is 1. The Bertz CT molecular complexity index is 959. The van der Waals surface area contributed by atoms with Crippen LogP contribution in [0, 0.1) is 17.0 Å². The Balaban J connectivity index is 1.89. The molecule has 3 aromatic rings. The summed E-state index contributed by atoms with van der Waals surface area (Å²) in [6.45, 7) is 1.81. The van der Waals surface area contributed by atoms with Crippen molar-refractivity contribution in [3.05, 3.63) is 69.0 Å². The summed E-state index contributed by atoms with van der Waals surface area (Å²) in [4.78, 5) is 32.3. The molecule has 1 aromatic carbocycles. The van der Waals surface area contributed by atoms with Crippen molar-refractivity contribution >= 4 is 39.7 Å². The van der Waals surface area contributed by atoms with E-state index in [1.54, 1.807) is 13.1 Å². The van der Waals surface area contributed by atoms with E-state index in [2.05, 4.69) is 15.3 Å². The standard InChI is InChI=1S/C16H11ClN4O3S/c1-9-14(12-4-2-3-7-18-12)25-16(19-9)20-15(22)11-6-5-10(17)8-13(11)21(23)24/h2-8H,1H3,(H,19,20,22). The number of amides is 1. The molecule has 0 atom stereocenters. The van der Waals surface area contributed by atoms with Crippen LogP contribution >= 0.6 is 22.9 Å². The maximum absolute atomic E-state index is 12.4. The predicted molar refractivity (Wildman–Crippen MR) is 96.1 cm³/mol. The van der Waals surface area contributed by atoms with Crippen molar-refractivity contribution in [3.63, 3.8) is 0 Å². The Labute approximate surface area is 151 Å². The molecule has 2 aromatic heterocycles. The monoisotopic (exact) mass is 374 g/mol. The first-order valence-electron chi connectivity index (χ1n) is 7.10. The van der Waals surface area contributed by atoms with Crippen LogP contribution in [0.2, 0.25) is 5.02 Å². The predicted octanol–water partition coefficient (Wildman–Crippen LogP) is 4.33. The summed E-state index contributed by atoms with van der Waals surface area (Å²) in [5, 5.41) is 14.2. The Kier molecular flexibility index (Phi) is 4.73. The molecule has 0 radical (unpaired) electrons. The molecule has 0 saturated carbocycles. The molecule has 7 nitrogen and oxygen atoms in total. The van der Waals surface area contributed by atoms with E-state index in [-0.39, 0.29) is 16.3 Å². The third-order valence-electron chi connectivity index (χ3n) is 3.32.